The first-order valence-electron chi connectivity index (χ1n) is 4.15. The number of aliphatic carboxylic acids is 1. The molecule has 0 radical (unpaired) electrons. The smallest absolute Gasteiger partial charge is 0.326 e. The molecular formula is C8H17ClN2O3. The predicted octanol–water partition coefficient (Wildman–Crippen LogP) is -0.0192. The molecule has 0 aromatic carbocycles. The van der Waals surface area contributed by atoms with E-state index in [1.54, 1.807) is 13.8 Å². The van der Waals surface area contributed by atoms with Gasteiger partial charge in [-0.25, -0.2) is 4.79 Å². The van der Waals surface area contributed by atoms with Crippen molar-refractivity contribution in [2.75, 3.05) is 0 Å². The number of carbonyl (C=O) groups is 2. The number of hydrogen-bond acceptors (Lipinski definition) is 3. The Morgan fingerprint density at radius 2 is 1.71 bits per heavy atom. The zero-order valence-corrected chi connectivity index (χ0v) is 9.30. The average Bonchev–Trinajstić information content (AvgIpc) is 1.97. The molecule has 2 atom stereocenters. The molecule has 0 heterocycles. The second-order valence-electron chi connectivity index (χ2n) is 3.36. The highest BCUT2D eigenvalue weighted by atomic mass is 35.5. The molecule has 5 nitrogen and oxygen atoms in total. The molecule has 0 aliphatic carbocycles. The molecule has 0 aliphatic rings. The van der Waals surface area contributed by atoms with Crippen LogP contribution in [0, 0.1) is 5.92 Å². The lowest BCUT2D eigenvalue weighted by Crippen LogP contribution is -2.49. The summed E-state index contributed by atoms with van der Waals surface area (Å²) in [7, 11) is 0. The normalized spacial score (nSPS) is 14.1. The summed E-state index contributed by atoms with van der Waals surface area (Å²) in [4.78, 5) is 21.7. The molecule has 0 aromatic rings. The molecule has 0 saturated heterocycles. The van der Waals surface area contributed by atoms with Gasteiger partial charge in [-0.3, -0.25) is 4.79 Å². The molecule has 84 valence electrons. The van der Waals surface area contributed by atoms with Crippen LogP contribution < -0.4 is 11.1 Å². The Morgan fingerprint density at radius 3 is 1.93 bits per heavy atom. The van der Waals surface area contributed by atoms with Gasteiger partial charge in [0.05, 0.1) is 6.04 Å². The van der Waals surface area contributed by atoms with Crippen LogP contribution in [0.2, 0.25) is 0 Å². The van der Waals surface area contributed by atoms with Gasteiger partial charge in [0.1, 0.15) is 6.04 Å². The van der Waals surface area contributed by atoms with Crippen molar-refractivity contribution >= 4 is 24.3 Å². The maximum absolute atomic E-state index is 11.1. The van der Waals surface area contributed by atoms with Gasteiger partial charge in [-0.2, -0.15) is 0 Å². The minimum absolute atomic E-state index is 0. The third kappa shape index (κ3) is 5.04. The number of hydrogen-bond donors (Lipinski definition) is 3. The second-order valence-corrected chi connectivity index (χ2v) is 3.36. The van der Waals surface area contributed by atoms with Crippen LogP contribution in [0.5, 0.6) is 0 Å². The maximum atomic E-state index is 11.1. The number of rotatable bonds is 4. The van der Waals surface area contributed by atoms with Crippen LogP contribution >= 0.6 is 12.4 Å². The molecule has 0 aliphatic heterocycles. The maximum Gasteiger partial charge on any atom is 0.326 e. The van der Waals surface area contributed by atoms with E-state index in [4.69, 9.17) is 10.8 Å². The van der Waals surface area contributed by atoms with Gasteiger partial charge in [0.15, 0.2) is 0 Å². The Balaban J connectivity index is 0. The molecule has 0 aromatic heterocycles. The minimum atomic E-state index is -1.04. The van der Waals surface area contributed by atoms with Crippen molar-refractivity contribution in [2.24, 2.45) is 11.7 Å². The number of carboxylic acid groups (broad SMARTS) is 1. The van der Waals surface area contributed by atoms with Crippen molar-refractivity contribution in [2.45, 2.75) is 32.9 Å². The summed E-state index contributed by atoms with van der Waals surface area (Å²) in [5, 5.41) is 11.1. The summed E-state index contributed by atoms with van der Waals surface area (Å²) in [5.74, 6) is -1.63. The second kappa shape index (κ2) is 6.62. The summed E-state index contributed by atoms with van der Waals surface area (Å²) in [5.41, 5.74) is 5.28. The van der Waals surface area contributed by atoms with E-state index in [1.807, 2.05) is 0 Å². The van der Waals surface area contributed by atoms with Gasteiger partial charge in [0.25, 0.3) is 0 Å². The molecule has 0 unspecified atom stereocenters. The highest BCUT2D eigenvalue weighted by Crippen LogP contribution is 2.01. The van der Waals surface area contributed by atoms with E-state index in [0.29, 0.717) is 0 Å². The van der Waals surface area contributed by atoms with Crippen molar-refractivity contribution < 1.29 is 14.7 Å². The van der Waals surface area contributed by atoms with E-state index in [-0.39, 0.29) is 18.3 Å². The molecule has 0 bridgehead atoms. The topological polar surface area (TPSA) is 92.4 Å². The standard InChI is InChI=1S/C8H16N2O3.ClH/c1-4(2)6(8(12)13)10-7(11)5(3)9;/h4-6H,9H2,1-3H3,(H,10,11)(H,12,13);1H/t5-,6-;/m0./s1. The Bertz CT molecular complexity index is 207. The van der Waals surface area contributed by atoms with Crippen molar-refractivity contribution in [3.63, 3.8) is 0 Å². The summed E-state index contributed by atoms with van der Waals surface area (Å²) in [6.45, 7) is 4.95. The van der Waals surface area contributed by atoms with Crippen molar-refractivity contribution in [1.82, 2.24) is 5.32 Å². The summed E-state index contributed by atoms with van der Waals surface area (Å²) < 4.78 is 0. The van der Waals surface area contributed by atoms with E-state index in [9.17, 15) is 9.59 Å². The fraction of sp³-hybridized carbons (Fsp3) is 0.750. The first kappa shape index (κ1) is 15.7. The summed E-state index contributed by atoms with van der Waals surface area (Å²) in [6.07, 6.45) is 0. The van der Waals surface area contributed by atoms with Crippen LogP contribution in [0.25, 0.3) is 0 Å². The van der Waals surface area contributed by atoms with E-state index in [1.165, 1.54) is 6.92 Å². The number of carboxylic acids is 1. The lowest BCUT2D eigenvalue weighted by Gasteiger charge is -2.18. The number of halogens is 1. The van der Waals surface area contributed by atoms with Gasteiger partial charge in [-0.15, -0.1) is 12.4 Å². The Hall–Kier alpha value is -0.810. The molecule has 6 heteroatoms. The number of nitrogens with two attached hydrogens (primary N) is 1. The third-order valence-corrected chi connectivity index (χ3v) is 1.64. The molecule has 0 fully saturated rings. The molecule has 0 rings (SSSR count). The van der Waals surface area contributed by atoms with Gasteiger partial charge in [0, 0.05) is 0 Å². The van der Waals surface area contributed by atoms with Crippen LogP contribution in [-0.2, 0) is 9.59 Å². The SMILES string of the molecule is CC(C)[C@H](NC(=O)[C@H](C)N)C(=O)O.Cl. The van der Waals surface area contributed by atoms with Crippen LogP contribution in [0.15, 0.2) is 0 Å². The minimum Gasteiger partial charge on any atom is -0.480 e. The predicted molar refractivity (Wildman–Crippen MR) is 55.3 cm³/mol. The molecular weight excluding hydrogens is 208 g/mol. The van der Waals surface area contributed by atoms with Crippen molar-refractivity contribution in [3.8, 4) is 0 Å². The van der Waals surface area contributed by atoms with Gasteiger partial charge in [0.2, 0.25) is 5.91 Å². The van der Waals surface area contributed by atoms with Gasteiger partial charge >= 0.3 is 5.97 Å². The largest absolute Gasteiger partial charge is 0.480 e. The number of nitrogens with one attached hydrogen (secondary N) is 1. The first-order valence-corrected chi connectivity index (χ1v) is 4.15. The fourth-order valence-corrected chi connectivity index (χ4v) is 0.798. The van der Waals surface area contributed by atoms with E-state index >= 15 is 0 Å². The van der Waals surface area contributed by atoms with Crippen LogP contribution in [0.3, 0.4) is 0 Å². The Kier molecular flexibility index (Phi) is 7.40. The lowest BCUT2D eigenvalue weighted by atomic mass is 10.0. The lowest BCUT2D eigenvalue weighted by molar-refractivity contribution is -0.143. The zero-order chi connectivity index (χ0) is 10.6. The summed E-state index contributed by atoms with van der Waals surface area (Å²) >= 11 is 0. The van der Waals surface area contributed by atoms with Crippen LogP contribution in [0.4, 0.5) is 0 Å². The van der Waals surface area contributed by atoms with E-state index < -0.39 is 24.0 Å². The highest BCUT2D eigenvalue weighted by molar-refractivity contribution is 5.86. The van der Waals surface area contributed by atoms with E-state index in [0.717, 1.165) is 0 Å². The molecule has 0 saturated carbocycles. The Morgan fingerprint density at radius 1 is 1.29 bits per heavy atom. The first-order chi connectivity index (χ1) is 5.86. The highest BCUT2D eigenvalue weighted by Gasteiger charge is 2.24. The van der Waals surface area contributed by atoms with Crippen molar-refractivity contribution in [3.05, 3.63) is 0 Å². The zero-order valence-electron chi connectivity index (χ0n) is 8.48. The molecule has 4 N–H and O–H groups in total. The van der Waals surface area contributed by atoms with E-state index in [2.05, 4.69) is 5.32 Å². The molecule has 0 spiro atoms. The number of amides is 1. The van der Waals surface area contributed by atoms with Gasteiger partial charge in [-0.05, 0) is 12.8 Å². The third-order valence-electron chi connectivity index (χ3n) is 1.64. The average molecular weight is 225 g/mol. The van der Waals surface area contributed by atoms with Crippen LogP contribution in [-0.4, -0.2) is 29.1 Å². The quantitative estimate of drug-likeness (QED) is 0.626. The number of carbonyl (C=O) groups excluding carboxylic acids is 1. The summed E-state index contributed by atoms with van der Waals surface area (Å²) in [6, 6.07) is -1.54. The van der Waals surface area contributed by atoms with Gasteiger partial charge < -0.3 is 16.2 Å². The molecule has 1 amide bonds. The Labute approximate surface area is 89.5 Å². The fourth-order valence-electron chi connectivity index (χ4n) is 0.798. The monoisotopic (exact) mass is 224 g/mol. The van der Waals surface area contributed by atoms with Crippen LogP contribution in [0.1, 0.15) is 20.8 Å². The van der Waals surface area contributed by atoms with Crippen molar-refractivity contribution in [1.29, 1.82) is 0 Å². The van der Waals surface area contributed by atoms with Gasteiger partial charge in [-0.1, -0.05) is 13.8 Å². The molecule has 14 heavy (non-hydrogen) atoms.